The van der Waals surface area contributed by atoms with Crippen LogP contribution in [-0.4, -0.2) is 28.3 Å². The molecule has 0 aliphatic carbocycles. The van der Waals surface area contributed by atoms with Gasteiger partial charge in [-0.15, -0.1) is 11.3 Å². The van der Waals surface area contributed by atoms with Crippen molar-refractivity contribution in [3.8, 4) is 11.3 Å². The fourth-order valence-corrected chi connectivity index (χ4v) is 4.43. The highest BCUT2D eigenvalue weighted by atomic mass is 32.1. The molecule has 0 aliphatic rings. The number of nitrogens with one attached hydrogen (secondary N) is 2. The third-order valence-electron chi connectivity index (χ3n) is 5.22. The summed E-state index contributed by atoms with van der Waals surface area (Å²) in [5.41, 5.74) is 9.91. The lowest BCUT2D eigenvalue weighted by molar-refractivity contribution is 0.0946. The zero-order valence-corrected chi connectivity index (χ0v) is 19.3. The molecule has 0 saturated heterocycles. The van der Waals surface area contributed by atoms with E-state index in [9.17, 15) is 9.59 Å². The monoisotopic (exact) mass is 459 g/mol. The molecule has 168 valence electrons. The summed E-state index contributed by atoms with van der Waals surface area (Å²) in [6.07, 6.45) is 0.859. The Morgan fingerprint density at radius 2 is 1.79 bits per heavy atom. The average Bonchev–Trinajstić information content (AvgIpc) is 3.25. The van der Waals surface area contributed by atoms with Gasteiger partial charge in [-0.1, -0.05) is 43.3 Å². The molecule has 8 heteroatoms. The van der Waals surface area contributed by atoms with Crippen LogP contribution >= 0.6 is 11.3 Å². The average molecular weight is 460 g/mol. The van der Waals surface area contributed by atoms with Gasteiger partial charge in [0.15, 0.2) is 0 Å². The van der Waals surface area contributed by atoms with Gasteiger partial charge in [0, 0.05) is 29.6 Å². The van der Waals surface area contributed by atoms with Gasteiger partial charge in [0.1, 0.15) is 4.83 Å². The van der Waals surface area contributed by atoms with E-state index < -0.39 is 0 Å². The van der Waals surface area contributed by atoms with E-state index in [1.54, 1.807) is 12.1 Å². The van der Waals surface area contributed by atoms with E-state index in [0.717, 1.165) is 28.5 Å². The third-order valence-corrected chi connectivity index (χ3v) is 6.25. The minimum absolute atomic E-state index is 0.121. The summed E-state index contributed by atoms with van der Waals surface area (Å²) >= 11 is 1.27. The second-order valence-corrected chi connectivity index (χ2v) is 8.74. The number of thiophene rings is 1. The minimum Gasteiger partial charge on any atom is -0.368 e. The Labute approximate surface area is 196 Å². The van der Waals surface area contributed by atoms with Gasteiger partial charge in [0.25, 0.3) is 11.8 Å². The number of nitrogens with two attached hydrogens (primary N) is 1. The number of nitrogen functional groups attached to an aromatic ring is 1. The van der Waals surface area contributed by atoms with Gasteiger partial charge >= 0.3 is 0 Å². The molecule has 2 heterocycles. The summed E-state index contributed by atoms with van der Waals surface area (Å²) < 4.78 is 0. The van der Waals surface area contributed by atoms with E-state index in [2.05, 4.69) is 20.6 Å². The van der Waals surface area contributed by atoms with Crippen LogP contribution in [0.2, 0.25) is 0 Å². The molecule has 4 aromatic rings. The molecule has 4 N–H and O–H groups in total. The van der Waals surface area contributed by atoms with Crippen molar-refractivity contribution in [2.75, 3.05) is 12.3 Å². The van der Waals surface area contributed by atoms with Crippen molar-refractivity contribution < 1.29 is 9.59 Å². The number of hydrogen-bond acceptors (Lipinski definition) is 6. The van der Waals surface area contributed by atoms with Gasteiger partial charge in [-0.05, 0) is 42.7 Å². The number of carbonyl (C=O) groups excluding carboxylic acids is 2. The van der Waals surface area contributed by atoms with E-state index in [-0.39, 0.29) is 17.8 Å². The Morgan fingerprint density at radius 1 is 1.00 bits per heavy atom. The number of nitrogens with zero attached hydrogens (tertiary/aromatic N) is 2. The van der Waals surface area contributed by atoms with Crippen LogP contribution in [0.4, 0.5) is 5.95 Å². The first-order valence-corrected chi connectivity index (χ1v) is 11.6. The molecule has 2 aromatic heterocycles. The maximum absolute atomic E-state index is 12.8. The molecular formula is C25H25N5O2S. The molecule has 0 spiro atoms. The van der Waals surface area contributed by atoms with Crippen LogP contribution in [0.15, 0.2) is 54.6 Å². The predicted molar refractivity (Wildman–Crippen MR) is 132 cm³/mol. The Kier molecular flexibility index (Phi) is 6.65. The second-order valence-electron chi connectivity index (χ2n) is 7.71. The Bertz CT molecular complexity index is 1320. The first-order chi connectivity index (χ1) is 16.0. The Balaban J connectivity index is 1.68. The summed E-state index contributed by atoms with van der Waals surface area (Å²) in [6, 6.07) is 17.0. The molecule has 7 nitrogen and oxygen atoms in total. The minimum atomic E-state index is -0.184. The molecule has 0 saturated carbocycles. The summed E-state index contributed by atoms with van der Waals surface area (Å²) in [6.45, 7) is 5.00. The number of fused-ring (bicyclic) bond motifs is 1. The van der Waals surface area contributed by atoms with Crippen LogP contribution in [0.3, 0.4) is 0 Å². The maximum Gasteiger partial charge on any atom is 0.261 e. The molecule has 0 unspecified atom stereocenters. The van der Waals surface area contributed by atoms with Gasteiger partial charge in [0.05, 0.1) is 10.6 Å². The lowest BCUT2D eigenvalue weighted by Crippen LogP contribution is -2.24. The smallest absolute Gasteiger partial charge is 0.261 e. The number of benzene rings is 2. The highest BCUT2D eigenvalue weighted by Gasteiger charge is 2.18. The molecule has 0 atom stereocenters. The first kappa shape index (κ1) is 22.4. The van der Waals surface area contributed by atoms with Crippen LogP contribution in [0, 0.1) is 6.92 Å². The van der Waals surface area contributed by atoms with E-state index >= 15 is 0 Å². The standard InChI is InChI=1S/C25H25N5O2S/c1-3-11-27-22(31)17-10-9-15(2)18(12-17)21-19-13-20(33-24(19)30-25(26)29-21)23(32)28-14-16-7-5-4-6-8-16/h4-10,12-13H,3,11,14H2,1-2H3,(H,27,31)(H,28,32)(H2,26,29,30). The van der Waals surface area contributed by atoms with Gasteiger partial charge in [-0.2, -0.15) is 0 Å². The summed E-state index contributed by atoms with van der Waals surface area (Å²) in [5.74, 6) is -0.200. The van der Waals surface area contributed by atoms with Gasteiger partial charge in [-0.3, -0.25) is 9.59 Å². The molecule has 0 fully saturated rings. The topological polar surface area (TPSA) is 110 Å². The van der Waals surface area contributed by atoms with Gasteiger partial charge in [-0.25, -0.2) is 9.97 Å². The normalized spacial score (nSPS) is 10.8. The van der Waals surface area contributed by atoms with E-state index in [1.807, 2.05) is 56.3 Å². The molecule has 2 amide bonds. The molecule has 4 rings (SSSR count). The quantitative estimate of drug-likeness (QED) is 0.381. The number of carbonyl (C=O) groups is 2. The van der Waals surface area contributed by atoms with Crippen molar-refractivity contribution >= 4 is 39.3 Å². The number of hydrogen-bond donors (Lipinski definition) is 3. The summed E-state index contributed by atoms with van der Waals surface area (Å²) in [5, 5.41) is 6.57. The first-order valence-electron chi connectivity index (χ1n) is 10.7. The van der Waals surface area contributed by atoms with E-state index in [4.69, 9.17) is 5.73 Å². The largest absolute Gasteiger partial charge is 0.368 e. The highest BCUT2D eigenvalue weighted by Crippen LogP contribution is 2.34. The van der Waals surface area contributed by atoms with E-state index in [1.165, 1.54) is 11.3 Å². The van der Waals surface area contributed by atoms with Crippen molar-refractivity contribution in [1.82, 2.24) is 20.6 Å². The predicted octanol–water partition coefficient (Wildman–Crippen LogP) is 4.32. The maximum atomic E-state index is 12.8. The van der Waals surface area contributed by atoms with Crippen molar-refractivity contribution in [3.63, 3.8) is 0 Å². The third kappa shape index (κ3) is 5.01. The molecule has 2 aromatic carbocycles. The van der Waals surface area contributed by atoms with Crippen molar-refractivity contribution in [3.05, 3.63) is 76.2 Å². The number of aromatic nitrogens is 2. The van der Waals surface area contributed by atoms with Crippen molar-refractivity contribution in [1.29, 1.82) is 0 Å². The van der Waals surface area contributed by atoms with Crippen LogP contribution in [0.25, 0.3) is 21.5 Å². The molecule has 33 heavy (non-hydrogen) atoms. The fourth-order valence-electron chi connectivity index (χ4n) is 3.48. The Hall–Kier alpha value is -3.78. The van der Waals surface area contributed by atoms with Crippen molar-refractivity contribution in [2.45, 2.75) is 26.8 Å². The lowest BCUT2D eigenvalue weighted by Gasteiger charge is -2.10. The second kappa shape index (κ2) is 9.79. The molecule has 0 aliphatic heterocycles. The van der Waals surface area contributed by atoms with Crippen molar-refractivity contribution in [2.24, 2.45) is 0 Å². The molecular weight excluding hydrogens is 434 g/mol. The SMILES string of the molecule is CCCNC(=O)c1ccc(C)c(-c2nc(N)nc3sc(C(=O)NCc4ccccc4)cc23)c1. The molecule has 0 bridgehead atoms. The fraction of sp³-hybridized carbons (Fsp3) is 0.200. The molecule has 0 radical (unpaired) electrons. The zero-order chi connectivity index (χ0) is 23.4. The van der Waals surface area contributed by atoms with Crippen LogP contribution in [0.5, 0.6) is 0 Å². The summed E-state index contributed by atoms with van der Waals surface area (Å²) in [4.78, 5) is 35.2. The van der Waals surface area contributed by atoms with Crippen LogP contribution in [-0.2, 0) is 6.54 Å². The number of aryl methyl sites for hydroxylation is 1. The highest BCUT2D eigenvalue weighted by molar-refractivity contribution is 7.20. The van der Waals surface area contributed by atoms with Gasteiger partial charge < -0.3 is 16.4 Å². The Morgan fingerprint density at radius 3 is 2.55 bits per heavy atom. The zero-order valence-electron chi connectivity index (χ0n) is 18.5. The van der Waals surface area contributed by atoms with E-state index in [0.29, 0.717) is 34.1 Å². The van der Waals surface area contributed by atoms with Gasteiger partial charge in [0.2, 0.25) is 5.95 Å². The number of anilines is 1. The summed E-state index contributed by atoms with van der Waals surface area (Å²) in [7, 11) is 0. The van der Waals surface area contributed by atoms with Crippen LogP contribution < -0.4 is 16.4 Å². The lowest BCUT2D eigenvalue weighted by atomic mass is 10.00. The van der Waals surface area contributed by atoms with Crippen LogP contribution in [0.1, 0.15) is 44.5 Å². The number of amides is 2. The number of rotatable bonds is 7.